The van der Waals surface area contributed by atoms with Crippen molar-refractivity contribution in [3.05, 3.63) is 0 Å². The lowest BCUT2D eigenvalue weighted by molar-refractivity contribution is -0.143. The largest absolute Gasteiger partial charge is 0.481 e. The van der Waals surface area contributed by atoms with Gasteiger partial charge in [-0.2, -0.15) is 0 Å². The van der Waals surface area contributed by atoms with Crippen LogP contribution in [-0.4, -0.2) is 11.1 Å². The predicted octanol–water partition coefficient (Wildman–Crippen LogP) is 12.1. The van der Waals surface area contributed by atoms with Gasteiger partial charge >= 0.3 is 5.97 Å². The van der Waals surface area contributed by atoms with Crippen LogP contribution in [0.2, 0.25) is 0 Å². The van der Waals surface area contributed by atoms with Gasteiger partial charge in [0, 0.05) is 0 Å². The van der Waals surface area contributed by atoms with Gasteiger partial charge in [-0.3, -0.25) is 4.79 Å². The number of carboxylic acids is 1. The molecule has 0 saturated carbocycles. The fourth-order valence-corrected chi connectivity index (χ4v) is 5.67. The topological polar surface area (TPSA) is 37.3 Å². The zero-order valence-electron chi connectivity index (χ0n) is 25.5. The molecule has 0 aliphatic carbocycles. The highest BCUT2D eigenvalue weighted by atomic mass is 16.4. The molecule has 0 aromatic heterocycles. The molecule has 0 saturated heterocycles. The summed E-state index contributed by atoms with van der Waals surface area (Å²) in [5.74, 6) is 0.493. The quantitative estimate of drug-likeness (QED) is 0.102. The average molecular weight is 509 g/mol. The molecule has 36 heavy (non-hydrogen) atoms. The highest BCUT2D eigenvalue weighted by Crippen LogP contribution is 2.25. The van der Waals surface area contributed by atoms with Crippen molar-refractivity contribution in [2.24, 2.45) is 17.8 Å². The molecule has 0 bridgehead atoms. The van der Waals surface area contributed by atoms with Crippen LogP contribution >= 0.6 is 0 Å². The van der Waals surface area contributed by atoms with E-state index in [1.54, 1.807) is 0 Å². The number of hydrogen-bond acceptors (Lipinski definition) is 1. The SMILES string of the molecule is CCCCCCCCCCCCCCC(C)C(CCCCCCCCCCCCCC(C)C)C(=O)O. The maximum Gasteiger partial charge on any atom is 0.306 e. The summed E-state index contributed by atoms with van der Waals surface area (Å²) in [5.41, 5.74) is 0. The lowest BCUT2D eigenvalue weighted by atomic mass is 9.85. The molecule has 2 nitrogen and oxygen atoms in total. The summed E-state index contributed by atoms with van der Waals surface area (Å²) in [6, 6.07) is 0. The molecule has 0 fully saturated rings. The van der Waals surface area contributed by atoms with Crippen LogP contribution in [0.25, 0.3) is 0 Å². The van der Waals surface area contributed by atoms with Crippen molar-refractivity contribution in [3.63, 3.8) is 0 Å². The second-order valence-electron chi connectivity index (χ2n) is 12.5. The molecule has 0 rings (SSSR count). The van der Waals surface area contributed by atoms with Crippen LogP contribution in [0.1, 0.15) is 195 Å². The van der Waals surface area contributed by atoms with Gasteiger partial charge in [0.1, 0.15) is 0 Å². The lowest BCUT2D eigenvalue weighted by Gasteiger charge is -2.20. The van der Waals surface area contributed by atoms with E-state index in [0.717, 1.165) is 25.2 Å². The number of carboxylic acid groups (broad SMARTS) is 1. The molecule has 0 amide bonds. The van der Waals surface area contributed by atoms with Gasteiger partial charge in [-0.1, -0.05) is 182 Å². The van der Waals surface area contributed by atoms with Crippen molar-refractivity contribution < 1.29 is 9.90 Å². The van der Waals surface area contributed by atoms with E-state index in [0.29, 0.717) is 5.92 Å². The molecule has 2 unspecified atom stereocenters. The van der Waals surface area contributed by atoms with E-state index in [9.17, 15) is 9.90 Å². The van der Waals surface area contributed by atoms with Gasteiger partial charge in [-0.05, 0) is 24.7 Å². The maximum absolute atomic E-state index is 11.8. The second-order valence-corrected chi connectivity index (χ2v) is 12.5. The van der Waals surface area contributed by atoms with E-state index >= 15 is 0 Å². The van der Waals surface area contributed by atoms with E-state index in [1.807, 2.05) is 0 Å². The molecule has 0 aliphatic rings. The third-order valence-corrected chi connectivity index (χ3v) is 8.31. The van der Waals surface area contributed by atoms with E-state index < -0.39 is 5.97 Å². The maximum atomic E-state index is 11.8. The van der Waals surface area contributed by atoms with Gasteiger partial charge in [-0.15, -0.1) is 0 Å². The van der Waals surface area contributed by atoms with Gasteiger partial charge in [0.25, 0.3) is 0 Å². The fraction of sp³-hybridized carbons (Fsp3) is 0.971. The standard InChI is InChI=1S/C34H68O2/c1-5-6-7-8-9-10-11-14-17-20-23-26-29-32(4)33(34(35)36)30-27-24-21-18-15-12-13-16-19-22-25-28-31(2)3/h31-33H,5-30H2,1-4H3,(H,35,36). The predicted molar refractivity (Wildman–Crippen MR) is 161 cm³/mol. The normalized spacial score (nSPS) is 13.4. The van der Waals surface area contributed by atoms with Crippen LogP contribution in [0.4, 0.5) is 0 Å². The summed E-state index contributed by atoms with van der Waals surface area (Å²) in [6.07, 6.45) is 34.5. The first-order valence-corrected chi connectivity index (χ1v) is 16.7. The monoisotopic (exact) mass is 509 g/mol. The van der Waals surface area contributed by atoms with Crippen LogP contribution in [0.3, 0.4) is 0 Å². The molecule has 0 aliphatic heterocycles. The van der Waals surface area contributed by atoms with Crippen molar-refractivity contribution in [1.82, 2.24) is 0 Å². The zero-order valence-corrected chi connectivity index (χ0v) is 25.5. The Morgan fingerprint density at radius 1 is 0.472 bits per heavy atom. The zero-order chi connectivity index (χ0) is 26.7. The third-order valence-electron chi connectivity index (χ3n) is 8.31. The average Bonchev–Trinajstić information content (AvgIpc) is 2.84. The van der Waals surface area contributed by atoms with Crippen LogP contribution < -0.4 is 0 Å². The smallest absolute Gasteiger partial charge is 0.306 e. The first kappa shape index (κ1) is 35.5. The Kier molecular flexibility index (Phi) is 27.1. The fourth-order valence-electron chi connectivity index (χ4n) is 5.67. The molecule has 0 radical (unpaired) electrons. The molecular formula is C34H68O2. The molecular weight excluding hydrogens is 440 g/mol. The van der Waals surface area contributed by atoms with Gasteiger partial charge in [0.2, 0.25) is 0 Å². The van der Waals surface area contributed by atoms with Crippen molar-refractivity contribution in [3.8, 4) is 0 Å². The number of unbranched alkanes of at least 4 members (excludes halogenated alkanes) is 21. The van der Waals surface area contributed by atoms with Gasteiger partial charge in [0.15, 0.2) is 0 Å². The number of hydrogen-bond donors (Lipinski definition) is 1. The summed E-state index contributed by atoms with van der Waals surface area (Å²) in [5, 5.41) is 9.74. The summed E-state index contributed by atoms with van der Waals surface area (Å²) < 4.78 is 0. The van der Waals surface area contributed by atoms with Crippen molar-refractivity contribution in [2.45, 2.75) is 195 Å². The van der Waals surface area contributed by atoms with Gasteiger partial charge in [-0.25, -0.2) is 0 Å². The van der Waals surface area contributed by atoms with Crippen LogP contribution in [0.5, 0.6) is 0 Å². The Balaban J connectivity index is 3.57. The van der Waals surface area contributed by atoms with Crippen LogP contribution in [0, 0.1) is 17.8 Å². The highest BCUT2D eigenvalue weighted by Gasteiger charge is 2.23. The highest BCUT2D eigenvalue weighted by molar-refractivity contribution is 5.70. The van der Waals surface area contributed by atoms with Crippen LogP contribution in [-0.2, 0) is 4.79 Å². The Morgan fingerprint density at radius 3 is 1.11 bits per heavy atom. The van der Waals surface area contributed by atoms with Gasteiger partial charge in [0.05, 0.1) is 5.92 Å². The first-order chi connectivity index (χ1) is 17.5. The van der Waals surface area contributed by atoms with E-state index in [-0.39, 0.29) is 5.92 Å². The number of aliphatic carboxylic acids is 1. The minimum atomic E-state index is -0.560. The molecule has 1 N–H and O–H groups in total. The second kappa shape index (κ2) is 27.5. The minimum absolute atomic E-state index is 0.131. The Hall–Kier alpha value is -0.530. The van der Waals surface area contributed by atoms with Crippen molar-refractivity contribution in [1.29, 1.82) is 0 Å². The summed E-state index contributed by atoms with van der Waals surface area (Å²) in [7, 11) is 0. The van der Waals surface area contributed by atoms with Crippen molar-refractivity contribution >= 4 is 5.97 Å². The number of rotatable bonds is 29. The number of carbonyl (C=O) groups is 1. The minimum Gasteiger partial charge on any atom is -0.481 e. The summed E-state index contributed by atoms with van der Waals surface area (Å²) in [6.45, 7) is 9.11. The lowest BCUT2D eigenvalue weighted by Crippen LogP contribution is -2.21. The van der Waals surface area contributed by atoms with E-state index in [1.165, 1.54) is 148 Å². The van der Waals surface area contributed by atoms with E-state index in [2.05, 4.69) is 27.7 Å². The first-order valence-electron chi connectivity index (χ1n) is 16.7. The Morgan fingerprint density at radius 2 is 0.778 bits per heavy atom. The third kappa shape index (κ3) is 25.1. The molecule has 0 aromatic rings. The Labute approximate surface area is 228 Å². The molecule has 2 heteroatoms. The molecule has 0 aromatic carbocycles. The molecule has 0 spiro atoms. The van der Waals surface area contributed by atoms with Crippen molar-refractivity contribution in [2.75, 3.05) is 0 Å². The van der Waals surface area contributed by atoms with Gasteiger partial charge < -0.3 is 5.11 Å². The molecule has 0 heterocycles. The van der Waals surface area contributed by atoms with E-state index in [4.69, 9.17) is 0 Å². The summed E-state index contributed by atoms with van der Waals surface area (Å²) in [4.78, 5) is 11.8. The molecule has 2 atom stereocenters. The summed E-state index contributed by atoms with van der Waals surface area (Å²) >= 11 is 0. The Bertz CT molecular complexity index is 444. The molecule has 216 valence electrons. The van der Waals surface area contributed by atoms with Crippen LogP contribution in [0.15, 0.2) is 0 Å².